The second kappa shape index (κ2) is 4.86. The first-order valence-corrected chi connectivity index (χ1v) is 6.24. The van der Waals surface area contributed by atoms with Crippen LogP contribution in [0.25, 0.3) is 22.3 Å². The van der Waals surface area contributed by atoms with E-state index in [4.69, 9.17) is 9.15 Å². The maximum Gasteiger partial charge on any atom is 0.238 e. The summed E-state index contributed by atoms with van der Waals surface area (Å²) < 4.78 is 10.6. The van der Waals surface area contributed by atoms with E-state index in [2.05, 4.69) is 0 Å². The summed E-state index contributed by atoms with van der Waals surface area (Å²) in [6, 6.07) is 11.2. The molecular formula is C16H12O5. The Balaban J connectivity index is 2.28. The molecule has 3 rings (SSSR count). The summed E-state index contributed by atoms with van der Waals surface area (Å²) in [5, 5.41) is 19.7. The lowest BCUT2D eigenvalue weighted by atomic mass is 10.1. The van der Waals surface area contributed by atoms with Gasteiger partial charge in [0.25, 0.3) is 0 Å². The smallest absolute Gasteiger partial charge is 0.238 e. The van der Waals surface area contributed by atoms with Crippen molar-refractivity contribution in [3.63, 3.8) is 0 Å². The van der Waals surface area contributed by atoms with Crippen molar-refractivity contribution in [2.45, 2.75) is 0 Å². The van der Waals surface area contributed by atoms with Gasteiger partial charge < -0.3 is 19.4 Å². The van der Waals surface area contributed by atoms with Crippen molar-refractivity contribution < 1.29 is 19.4 Å². The maximum absolute atomic E-state index is 12.2. The molecule has 2 N–H and O–H groups in total. The zero-order valence-corrected chi connectivity index (χ0v) is 11.2. The first kappa shape index (κ1) is 13.1. The van der Waals surface area contributed by atoms with Crippen molar-refractivity contribution >= 4 is 11.0 Å². The van der Waals surface area contributed by atoms with Gasteiger partial charge >= 0.3 is 0 Å². The molecule has 0 saturated carbocycles. The summed E-state index contributed by atoms with van der Waals surface area (Å²) in [7, 11) is 1.55. The Morgan fingerprint density at radius 3 is 2.43 bits per heavy atom. The van der Waals surface area contributed by atoms with Crippen LogP contribution in [0.1, 0.15) is 0 Å². The lowest BCUT2D eigenvalue weighted by molar-refractivity contribution is 0.414. The third-order valence-corrected chi connectivity index (χ3v) is 3.23. The molecule has 2 aromatic carbocycles. The van der Waals surface area contributed by atoms with Gasteiger partial charge in [-0.05, 0) is 36.4 Å². The van der Waals surface area contributed by atoms with E-state index in [-0.39, 0.29) is 22.5 Å². The molecule has 1 aromatic heterocycles. The highest BCUT2D eigenvalue weighted by atomic mass is 16.5. The Labute approximate surface area is 119 Å². The lowest BCUT2D eigenvalue weighted by Crippen LogP contribution is -2.02. The maximum atomic E-state index is 12.2. The molecule has 0 saturated heterocycles. The number of ether oxygens (including phenoxy) is 1. The van der Waals surface area contributed by atoms with Crippen LogP contribution in [-0.4, -0.2) is 17.3 Å². The van der Waals surface area contributed by atoms with E-state index in [1.807, 2.05) is 0 Å². The van der Waals surface area contributed by atoms with E-state index >= 15 is 0 Å². The summed E-state index contributed by atoms with van der Waals surface area (Å²) in [4.78, 5) is 12.2. The van der Waals surface area contributed by atoms with Crippen molar-refractivity contribution in [2.24, 2.45) is 0 Å². The molecule has 0 aliphatic rings. The Morgan fingerprint density at radius 2 is 1.76 bits per heavy atom. The zero-order chi connectivity index (χ0) is 15.0. The van der Waals surface area contributed by atoms with Gasteiger partial charge in [0, 0.05) is 5.56 Å². The van der Waals surface area contributed by atoms with Crippen LogP contribution in [0.4, 0.5) is 0 Å². The van der Waals surface area contributed by atoms with Crippen LogP contribution in [0.3, 0.4) is 0 Å². The predicted octanol–water partition coefficient (Wildman–Crippen LogP) is 2.88. The van der Waals surface area contributed by atoms with Crippen molar-refractivity contribution in [3.8, 4) is 28.6 Å². The minimum absolute atomic E-state index is 0.0349. The van der Waals surface area contributed by atoms with Crippen molar-refractivity contribution in [3.05, 3.63) is 52.7 Å². The molecule has 3 aromatic rings. The Kier molecular flexibility index (Phi) is 3.02. The predicted molar refractivity (Wildman–Crippen MR) is 77.8 cm³/mol. The van der Waals surface area contributed by atoms with Crippen LogP contribution in [0.2, 0.25) is 0 Å². The van der Waals surface area contributed by atoms with Gasteiger partial charge in [0.2, 0.25) is 11.2 Å². The van der Waals surface area contributed by atoms with Crippen molar-refractivity contribution in [1.82, 2.24) is 0 Å². The molecule has 0 unspecified atom stereocenters. The Hall–Kier alpha value is -2.95. The van der Waals surface area contributed by atoms with Crippen LogP contribution in [0.5, 0.6) is 17.2 Å². The number of hydrogen-bond donors (Lipinski definition) is 2. The highest BCUT2D eigenvalue weighted by Crippen LogP contribution is 2.33. The molecule has 0 radical (unpaired) electrons. The highest BCUT2D eigenvalue weighted by Gasteiger charge is 2.17. The number of hydrogen-bond acceptors (Lipinski definition) is 5. The number of methoxy groups -OCH3 is 1. The first-order chi connectivity index (χ1) is 10.1. The number of phenolic OH excluding ortho intramolecular Hbond substituents is 1. The molecule has 5 nitrogen and oxygen atoms in total. The molecule has 21 heavy (non-hydrogen) atoms. The highest BCUT2D eigenvalue weighted by molar-refractivity contribution is 5.86. The second-order valence-electron chi connectivity index (χ2n) is 4.49. The topological polar surface area (TPSA) is 79.9 Å². The van der Waals surface area contributed by atoms with Crippen molar-refractivity contribution in [1.29, 1.82) is 0 Å². The average Bonchev–Trinajstić information content (AvgIpc) is 2.51. The monoisotopic (exact) mass is 284 g/mol. The van der Waals surface area contributed by atoms with Gasteiger partial charge in [0.15, 0.2) is 5.76 Å². The molecule has 1 heterocycles. The fourth-order valence-corrected chi connectivity index (χ4v) is 2.15. The van der Waals surface area contributed by atoms with Crippen LogP contribution in [-0.2, 0) is 0 Å². The second-order valence-corrected chi connectivity index (χ2v) is 4.49. The van der Waals surface area contributed by atoms with Gasteiger partial charge in [-0.1, -0.05) is 6.07 Å². The van der Waals surface area contributed by atoms with Gasteiger partial charge in [-0.3, -0.25) is 4.79 Å². The molecule has 0 spiro atoms. The molecule has 0 bridgehead atoms. The standard InChI is InChI=1S/C16H12O5/c1-20-10-7-5-9(6-8-10)16-15(19)14(18)13-11(17)3-2-4-12(13)21-16/h2-8,17,19H,1H3. The molecule has 106 valence electrons. The van der Waals surface area contributed by atoms with E-state index in [1.165, 1.54) is 6.07 Å². The van der Waals surface area contributed by atoms with E-state index in [0.29, 0.717) is 11.3 Å². The molecule has 5 heteroatoms. The number of phenols is 1. The van der Waals surface area contributed by atoms with E-state index in [1.54, 1.807) is 43.5 Å². The first-order valence-electron chi connectivity index (χ1n) is 6.24. The number of rotatable bonds is 2. The molecule has 0 fully saturated rings. The van der Waals surface area contributed by atoms with Gasteiger partial charge in [0.1, 0.15) is 22.5 Å². The summed E-state index contributed by atoms with van der Waals surface area (Å²) >= 11 is 0. The number of fused-ring (bicyclic) bond motifs is 1. The zero-order valence-electron chi connectivity index (χ0n) is 11.2. The van der Waals surface area contributed by atoms with Gasteiger partial charge in [-0.2, -0.15) is 0 Å². The third kappa shape index (κ3) is 2.08. The summed E-state index contributed by atoms with van der Waals surface area (Å²) in [6.45, 7) is 0. The van der Waals surface area contributed by atoms with E-state index in [9.17, 15) is 15.0 Å². The fourth-order valence-electron chi connectivity index (χ4n) is 2.15. The molecule has 0 aliphatic carbocycles. The molecular weight excluding hydrogens is 272 g/mol. The Morgan fingerprint density at radius 1 is 1.05 bits per heavy atom. The van der Waals surface area contributed by atoms with Crippen molar-refractivity contribution in [2.75, 3.05) is 7.11 Å². The van der Waals surface area contributed by atoms with Gasteiger partial charge in [-0.15, -0.1) is 0 Å². The summed E-state index contributed by atoms with van der Waals surface area (Å²) in [6.07, 6.45) is 0. The number of aromatic hydroxyl groups is 2. The van der Waals surface area contributed by atoms with Crippen LogP contribution >= 0.6 is 0 Å². The summed E-state index contributed by atoms with van der Waals surface area (Å²) in [5.41, 5.74) is 0.0828. The molecule has 0 amide bonds. The largest absolute Gasteiger partial charge is 0.507 e. The van der Waals surface area contributed by atoms with Gasteiger partial charge in [-0.25, -0.2) is 0 Å². The fraction of sp³-hybridized carbons (Fsp3) is 0.0625. The molecule has 0 atom stereocenters. The Bertz CT molecular complexity index is 862. The van der Waals surface area contributed by atoms with Crippen LogP contribution < -0.4 is 10.2 Å². The number of benzene rings is 2. The van der Waals surface area contributed by atoms with E-state index < -0.39 is 11.2 Å². The summed E-state index contributed by atoms with van der Waals surface area (Å²) in [5.74, 6) is -0.0493. The lowest BCUT2D eigenvalue weighted by Gasteiger charge is -2.07. The van der Waals surface area contributed by atoms with E-state index in [0.717, 1.165) is 0 Å². The van der Waals surface area contributed by atoms with Crippen LogP contribution in [0.15, 0.2) is 51.7 Å². The van der Waals surface area contributed by atoms with Crippen LogP contribution in [0, 0.1) is 0 Å². The SMILES string of the molecule is COc1ccc(-c2oc3cccc(O)c3c(=O)c2O)cc1. The third-order valence-electron chi connectivity index (χ3n) is 3.23. The average molecular weight is 284 g/mol. The van der Waals surface area contributed by atoms with Gasteiger partial charge in [0.05, 0.1) is 7.11 Å². The normalized spacial score (nSPS) is 10.7. The minimum Gasteiger partial charge on any atom is -0.507 e. The molecule has 0 aliphatic heterocycles. The quantitative estimate of drug-likeness (QED) is 0.756. The minimum atomic E-state index is -0.667.